The molecular formula is C20H36N4O2. The largest absolute Gasteiger partial charge is 0.462 e. The number of carbonyl (C=O) groups excluding carboxylic acids is 1. The zero-order chi connectivity index (χ0) is 19.1. The molecule has 0 amide bonds. The molecule has 6 heteroatoms. The first-order chi connectivity index (χ1) is 12.4. The Morgan fingerprint density at radius 2 is 1.65 bits per heavy atom. The van der Waals surface area contributed by atoms with Crippen molar-refractivity contribution in [1.82, 2.24) is 10.2 Å². The van der Waals surface area contributed by atoms with E-state index in [1.807, 2.05) is 18.7 Å². The van der Waals surface area contributed by atoms with Crippen molar-refractivity contribution in [2.24, 2.45) is 5.92 Å². The number of nitrogens with one attached hydrogen (secondary N) is 3. The second-order valence-corrected chi connectivity index (χ2v) is 8.17. The molecule has 0 radical (unpaired) electrons. The highest BCUT2D eigenvalue weighted by molar-refractivity contribution is 6.02. The first kappa shape index (κ1) is 20.9. The molecule has 26 heavy (non-hydrogen) atoms. The molecule has 1 aliphatic carbocycles. The first-order valence-electron chi connectivity index (χ1n) is 10.2. The summed E-state index contributed by atoms with van der Waals surface area (Å²) in [7, 11) is 0. The van der Waals surface area contributed by atoms with E-state index >= 15 is 0 Å². The van der Waals surface area contributed by atoms with Crippen LogP contribution in [0.3, 0.4) is 0 Å². The molecule has 0 spiro atoms. The average molecular weight is 365 g/mol. The molecule has 1 unspecified atom stereocenters. The van der Waals surface area contributed by atoms with Gasteiger partial charge in [-0.15, -0.1) is 0 Å². The summed E-state index contributed by atoms with van der Waals surface area (Å²) in [6, 6.07) is 1.18. The zero-order valence-electron chi connectivity index (χ0n) is 16.6. The van der Waals surface area contributed by atoms with Gasteiger partial charge in [0.1, 0.15) is 11.8 Å². The van der Waals surface area contributed by atoms with Gasteiger partial charge in [-0.1, -0.05) is 19.3 Å². The van der Waals surface area contributed by atoms with Crippen molar-refractivity contribution in [3.63, 3.8) is 0 Å². The molecule has 1 saturated carbocycles. The van der Waals surface area contributed by atoms with E-state index in [2.05, 4.69) is 5.32 Å². The van der Waals surface area contributed by atoms with Crippen LogP contribution in [0.4, 0.5) is 0 Å². The predicted molar refractivity (Wildman–Crippen MR) is 105 cm³/mol. The number of hydrogen-bond acceptors (Lipinski definition) is 5. The van der Waals surface area contributed by atoms with Gasteiger partial charge in [-0.05, 0) is 46.5 Å². The van der Waals surface area contributed by atoms with Gasteiger partial charge in [0.2, 0.25) is 0 Å². The maximum atomic E-state index is 12.4. The van der Waals surface area contributed by atoms with Gasteiger partial charge >= 0.3 is 5.97 Å². The zero-order valence-corrected chi connectivity index (χ0v) is 16.6. The number of ether oxygens (including phenoxy) is 1. The van der Waals surface area contributed by atoms with E-state index in [0.29, 0.717) is 23.6 Å². The molecule has 1 heterocycles. The summed E-state index contributed by atoms with van der Waals surface area (Å²) in [4.78, 5) is 14.4. The normalized spacial score (nSPS) is 20.8. The fraction of sp³-hybridized carbons (Fsp3) is 0.850. The number of esters is 1. The molecule has 3 N–H and O–H groups in total. The molecule has 0 aromatic carbocycles. The van der Waals surface area contributed by atoms with E-state index in [4.69, 9.17) is 15.6 Å². The van der Waals surface area contributed by atoms with Crippen molar-refractivity contribution in [2.45, 2.75) is 90.3 Å². The molecule has 148 valence electrons. The average Bonchev–Trinajstić information content (AvgIpc) is 2.60. The lowest BCUT2D eigenvalue weighted by Crippen LogP contribution is -2.50. The minimum Gasteiger partial charge on any atom is -0.462 e. The monoisotopic (exact) mass is 364 g/mol. The van der Waals surface area contributed by atoms with E-state index in [0.717, 1.165) is 25.9 Å². The topological polar surface area (TPSA) is 89.3 Å². The van der Waals surface area contributed by atoms with Crippen molar-refractivity contribution in [3.8, 4) is 0 Å². The highest BCUT2D eigenvalue weighted by atomic mass is 16.5. The van der Waals surface area contributed by atoms with Crippen LogP contribution >= 0.6 is 0 Å². The van der Waals surface area contributed by atoms with Crippen molar-refractivity contribution in [2.75, 3.05) is 13.1 Å². The first-order valence-corrected chi connectivity index (χ1v) is 10.2. The molecule has 0 aromatic heterocycles. The third kappa shape index (κ3) is 6.38. The Labute approximate surface area is 158 Å². The van der Waals surface area contributed by atoms with Gasteiger partial charge < -0.3 is 20.4 Å². The Kier molecular flexibility index (Phi) is 8.07. The lowest BCUT2D eigenvalue weighted by molar-refractivity contribution is -0.150. The second kappa shape index (κ2) is 10.0. The van der Waals surface area contributed by atoms with Crippen LogP contribution in [0.5, 0.6) is 0 Å². The van der Waals surface area contributed by atoms with Gasteiger partial charge in [-0.2, -0.15) is 0 Å². The minimum atomic E-state index is -0.655. The fourth-order valence-corrected chi connectivity index (χ4v) is 4.02. The predicted octanol–water partition coefficient (Wildman–Crippen LogP) is 3.35. The van der Waals surface area contributed by atoms with Gasteiger partial charge in [-0.3, -0.25) is 10.2 Å². The Morgan fingerprint density at radius 3 is 2.19 bits per heavy atom. The number of hydrogen-bond donors (Lipinski definition) is 3. The Balaban J connectivity index is 1.87. The van der Waals surface area contributed by atoms with Crippen LogP contribution in [-0.2, 0) is 9.53 Å². The van der Waals surface area contributed by atoms with Gasteiger partial charge in [0, 0.05) is 37.3 Å². The van der Waals surface area contributed by atoms with E-state index in [9.17, 15) is 4.79 Å². The number of carbonyl (C=O) groups is 1. The molecular weight excluding hydrogens is 328 g/mol. The van der Waals surface area contributed by atoms with Gasteiger partial charge in [-0.25, -0.2) is 0 Å². The number of amidine groups is 1. The lowest BCUT2D eigenvalue weighted by Gasteiger charge is -2.38. The number of rotatable bonds is 7. The third-order valence-corrected chi connectivity index (χ3v) is 5.39. The maximum absolute atomic E-state index is 12.4. The highest BCUT2D eigenvalue weighted by Gasteiger charge is 2.32. The number of likely N-dealkylation sites (tertiary alicyclic amines) is 1. The summed E-state index contributed by atoms with van der Waals surface area (Å²) >= 11 is 0. The standard InChI is InChI=1S/C20H36N4O2/c1-14(2)26-20(25)18(13-15(3)21)19(22)24-11-9-17(10-12-24)23-16-7-5-4-6-8-16/h14,16-18,21-23H,4-13H2,1-3H3. The molecule has 0 aromatic rings. The Hall–Kier alpha value is -1.43. The molecule has 1 aliphatic heterocycles. The van der Waals surface area contributed by atoms with Gasteiger partial charge in [0.25, 0.3) is 0 Å². The van der Waals surface area contributed by atoms with E-state index < -0.39 is 5.92 Å². The summed E-state index contributed by atoms with van der Waals surface area (Å²) < 4.78 is 5.33. The van der Waals surface area contributed by atoms with Crippen molar-refractivity contribution < 1.29 is 9.53 Å². The molecule has 0 bridgehead atoms. The molecule has 2 rings (SSSR count). The molecule has 1 atom stereocenters. The molecule has 1 saturated heterocycles. The third-order valence-electron chi connectivity index (χ3n) is 5.39. The molecule has 6 nitrogen and oxygen atoms in total. The van der Waals surface area contributed by atoms with Crippen LogP contribution in [0, 0.1) is 16.7 Å². The summed E-state index contributed by atoms with van der Waals surface area (Å²) in [5, 5.41) is 20.1. The fourth-order valence-electron chi connectivity index (χ4n) is 4.02. The quantitative estimate of drug-likeness (QED) is 0.367. The molecule has 2 fully saturated rings. The minimum absolute atomic E-state index is 0.200. The van der Waals surface area contributed by atoms with Gasteiger partial charge in [0.15, 0.2) is 0 Å². The lowest BCUT2D eigenvalue weighted by atomic mass is 9.93. The smallest absolute Gasteiger partial charge is 0.317 e. The van der Waals surface area contributed by atoms with Crippen LogP contribution in [0.1, 0.15) is 72.1 Å². The Bertz CT molecular complexity index is 492. The summed E-state index contributed by atoms with van der Waals surface area (Å²) in [6.45, 7) is 6.91. The molecule has 2 aliphatic rings. The van der Waals surface area contributed by atoms with Crippen LogP contribution in [0.2, 0.25) is 0 Å². The SMILES string of the molecule is CC(=N)CC(C(=N)N1CCC(NC2CCCCC2)CC1)C(=O)OC(C)C. The van der Waals surface area contributed by atoms with E-state index in [-0.39, 0.29) is 18.5 Å². The van der Waals surface area contributed by atoms with Crippen molar-refractivity contribution >= 4 is 17.5 Å². The highest BCUT2D eigenvalue weighted by Crippen LogP contribution is 2.22. The van der Waals surface area contributed by atoms with Crippen LogP contribution in [0.25, 0.3) is 0 Å². The number of nitrogens with zero attached hydrogens (tertiary/aromatic N) is 1. The van der Waals surface area contributed by atoms with E-state index in [1.165, 1.54) is 32.1 Å². The van der Waals surface area contributed by atoms with Crippen LogP contribution in [-0.4, -0.2) is 53.7 Å². The van der Waals surface area contributed by atoms with Crippen molar-refractivity contribution in [1.29, 1.82) is 10.8 Å². The van der Waals surface area contributed by atoms with E-state index in [1.54, 1.807) is 6.92 Å². The second-order valence-electron chi connectivity index (χ2n) is 8.17. The summed E-state index contributed by atoms with van der Waals surface area (Å²) in [5.41, 5.74) is 0.411. The summed E-state index contributed by atoms with van der Waals surface area (Å²) in [6.07, 6.45) is 8.71. The Morgan fingerprint density at radius 1 is 1.08 bits per heavy atom. The maximum Gasteiger partial charge on any atom is 0.317 e. The van der Waals surface area contributed by atoms with Crippen LogP contribution in [0.15, 0.2) is 0 Å². The number of piperidine rings is 1. The van der Waals surface area contributed by atoms with Crippen molar-refractivity contribution in [3.05, 3.63) is 0 Å². The van der Waals surface area contributed by atoms with Gasteiger partial charge in [0.05, 0.1) is 6.10 Å². The summed E-state index contributed by atoms with van der Waals surface area (Å²) in [5.74, 6) is -0.713. The van der Waals surface area contributed by atoms with Crippen LogP contribution < -0.4 is 5.32 Å².